The number of rotatable bonds is 6. The maximum Gasteiger partial charge on any atom is 0.349 e. The van der Waals surface area contributed by atoms with Gasteiger partial charge in [0, 0.05) is 7.14 Å². The van der Waals surface area contributed by atoms with Gasteiger partial charge in [0.25, 0.3) is 0 Å². The number of carbonyl (C=O) groups is 2. The van der Waals surface area contributed by atoms with Gasteiger partial charge in [0.2, 0.25) is 0 Å². The molecule has 0 bridgehead atoms. The molecule has 0 saturated carbocycles. The molecular formula is C19H17I2O7S-. The van der Waals surface area contributed by atoms with Crippen molar-refractivity contribution in [3.8, 4) is 5.75 Å². The molecule has 0 unspecified atom stereocenters. The second kappa shape index (κ2) is 9.71. The highest BCUT2D eigenvalue weighted by atomic mass is 127. The van der Waals surface area contributed by atoms with Gasteiger partial charge in [0.1, 0.15) is 15.9 Å². The Balaban J connectivity index is 2.17. The number of esters is 2. The van der Waals surface area contributed by atoms with Gasteiger partial charge < -0.3 is 14.0 Å². The topological polar surface area (TPSA) is 110 Å². The summed E-state index contributed by atoms with van der Waals surface area (Å²) in [6, 6.07) is 7.84. The van der Waals surface area contributed by atoms with Crippen LogP contribution in [0.5, 0.6) is 5.75 Å². The van der Waals surface area contributed by atoms with E-state index in [1.807, 2.05) is 45.2 Å². The van der Waals surface area contributed by atoms with Crippen molar-refractivity contribution >= 4 is 67.2 Å². The van der Waals surface area contributed by atoms with Gasteiger partial charge in [-0.05, 0) is 93.4 Å². The highest BCUT2D eigenvalue weighted by Crippen LogP contribution is 2.31. The monoisotopic (exact) mass is 643 g/mol. The smallest absolute Gasteiger partial charge is 0.349 e. The fourth-order valence-corrected chi connectivity index (χ4v) is 5.35. The highest BCUT2D eigenvalue weighted by molar-refractivity contribution is 14.1. The predicted molar refractivity (Wildman–Crippen MR) is 121 cm³/mol. The lowest BCUT2D eigenvalue weighted by Crippen LogP contribution is -2.20. The number of ether oxygens (including phenoxy) is 2. The van der Waals surface area contributed by atoms with Crippen molar-refractivity contribution in [3.63, 3.8) is 0 Å². The minimum absolute atomic E-state index is 0.103. The zero-order chi connectivity index (χ0) is 21.9. The third-order valence-electron chi connectivity index (χ3n) is 3.91. The largest absolute Gasteiger partial charge is 0.744 e. The Morgan fingerprint density at radius 1 is 1.14 bits per heavy atom. The Morgan fingerprint density at radius 3 is 2.24 bits per heavy atom. The number of hydrogen-bond donors (Lipinski definition) is 0. The number of benzene rings is 2. The molecule has 2 aromatic rings. The first kappa shape index (κ1) is 24.0. The van der Waals surface area contributed by atoms with Crippen LogP contribution in [0, 0.1) is 14.1 Å². The van der Waals surface area contributed by atoms with E-state index in [1.54, 1.807) is 32.0 Å². The van der Waals surface area contributed by atoms with Gasteiger partial charge in [0.05, 0.1) is 10.5 Å². The van der Waals surface area contributed by atoms with Crippen LogP contribution >= 0.6 is 45.2 Å². The zero-order valence-corrected chi connectivity index (χ0v) is 20.8. The Hall–Kier alpha value is -1.25. The lowest BCUT2D eigenvalue weighted by molar-refractivity contribution is -0.137. The Morgan fingerprint density at radius 2 is 1.72 bits per heavy atom. The molecule has 29 heavy (non-hydrogen) atoms. The van der Waals surface area contributed by atoms with Crippen LogP contribution in [0.15, 0.2) is 35.2 Å². The summed E-state index contributed by atoms with van der Waals surface area (Å²) in [7, 11) is -4.67. The molecular weight excluding hydrogens is 626 g/mol. The Kier molecular flexibility index (Phi) is 8.04. The molecule has 10 heteroatoms. The van der Waals surface area contributed by atoms with E-state index in [-0.39, 0.29) is 22.1 Å². The number of carbonyl (C=O) groups excluding carboxylic acids is 2. The van der Waals surface area contributed by atoms with E-state index in [1.165, 1.54) is 19.1 Å². The van der Waals surface area contributed by atoms with E-state index >= 15 is 0 Å². The van der Waals surface area contributed by atoms with Crippen LogP contribution in [-0.4, -0.2) is 31.5 Å². The summed E-state index contributed by atoms with van der Waals surface area (Å²) in [5, 5.41) is 0. The van der Waals surface area contributed by atoms with Gasteiger partial charge in [-0.25, -0.2) is 18.0 Å². The minimum Gasteiger partial charge on any atom is -0.744 e. The molecule has 0 aliphatic heterocycles. The van der Waals surface area contributed by atoms with Crippen molar-refractivity contribution in [3.05, 3.63) is 54.2 Å². The molecule has 0 atom stereocenters. The van der Waals surface area contributed by atoms with Crippen molar-refractivity contribution < 1.29 is 32.0 Å². The minimum atomic E-state index is -4.67. The van der Waals surface area contributed by atoms with E-state index in [2.05, 4.69) is 0 Å². The maximum absolute atomic E-state index is 12.3. The summed E-state index contributed by atoms with van der Waals surface area (Å²) < 4.78 is 46.1. The molecule has 0 aromatic heterocycles. The number of hydrogen-bond acceptors (Lipinski definition) is 7. The summed E-state index contributed by atoms with van der Waals surface area (Å²) in [4.78, 5) is 24.1. The molecule has 0 aliphatic carbocycles. The fraction of sp³-hybridized carbons (Fsp3) is 0.263. The first-order chi connectivity index (χ1) is 13.4. The molecule has 0 heterocycles. The molecule has 2 aromatic carbocycles. The Bertz CT molecular complexity index is 1040. The highest BCUT2D eigenvalue weighted by Gasteiger charge is 2.20. The summed E-state index contributed by atoms with van der Waals surface area (Å²) in [6.07, 6.45) is 0. The van der Waals surface area contributed by atoms with Crippen molar-refractivity contribution in [2.24, 2.45) is 0 Å². The SMILES string of the molecule is Cc1cc(S(=O)(=O)[O-])c(C(C)C)cc1OC(=O)COC(=O)c1c(I)cccc1I. The fourth-order valence-electron chi connectivity index (χ4n) is 2.50. The standard InChI is InChI=1S/C19H18I2O7S/c1-10(2)12-8-15(11(3)7-16(12)29(24,25)26)28-17(22)9-27-19(23)18-13(20)5-4-6-14(18)21/h4-8,10H,9H2,1-3H3,(H,24,25,26)/p-1. The molecule has 0 fully saturated rings. The van der Waals surface area contributed by atoms with Crippen LogP contribution < -0.4 is 4.74 Å². The lowest BCUT2D eigenvalue weighted by atomic mass is 10.0. The molecule has 0 saturated heterocycles. The van der Waals surface area contributed by atoms with Crippen LogP contribution in [0.1, 0.15) is 41.3 Å². The van der Waals surface area contributed by atoms with Crippen LogP contribution in [0.25, 0.3) is 0 Å². The molecule has 0 aliphatic rings. The molecule has 0 spiro atoms. The third kappa shape index (κ3) is 6.12. The molecule has 0 radical (unpaired) electrons. The molecule has 7 nitrogen and oxygen atoms in total. The summed E-state index contributed by atoms with van der Waals surface area (Å²) in [5.74, 6) is -1.66. The first-order valence-electron chi connectivity index (χ1n) is 8.34. The molecule has 156 valence electrons. The molecule has 2 rings (SSSR count). The zero-order valence-electron chi connectivity index (χ0n) is 15.7. The summed E-state index contributed by atoms with van der Waals surface area (Å²) in [5.41, 5.74) is 0.916. The van der Waals surface area contributed by atoms with Crippen LogP contribution in [0.2, 0.25) is 0 Å². The van der Waals surface area contributed by atoms with E-state index in [9.17, 15) is 22.6 Å². The van der Waals surface area contributed by atoms with Crippen molar-refractivity contribution in [2.75, 3.05) is 6.61 Å². The third-order valence-corrected chi connectivity index (χ3v) is 6.60. The second-order valence-corrected chi connectivity index (χ2v) is 10.1. The van der Waals surface area contributed by atoms with Crippen molar-refractivity contribution in [1.29, 1.82) is 0 Å². The second-order valence-electron chi connectivity index (χ2n) is 6.41. The van der Waals surface area contributed by atoms with Crippen molar-refractivity contribution in [1.82, 2.24) is 0 Å². The quantitative estimate of drug-likeness (QED) is 0.203. The maximum atomic E-state index is 12.3. The number of aryl methyl sites for hydroxylation is 1. The van der Waals surface area contributed by atoms with Gasteiger partial charge in [0.15, 0.2) is 6.61 Å². The van der Waals surface area contributed by atoms with Crippen molar-refractivity contribution in [2.45, 2.75) is 31.6 Å². The van der Waals surface area contributed by atoms with Gasteiger partial charge >= 0.3 is 11.9 Å². The van der Waals surface area contributed by atoms with E-state index < -0.39 is 28.7 Å². The van der Waals surface area contributed by atoms with E-state index in [0.29, 0.717) is 18.3 Å². The average molecular weight is 643 g/mol. The van der Waals surface area contributed by atoms with Crippen LogP contribution in [-0.2, 0) is 19.6 Å². The average Bonchev–Trinajstić information content (AvgIpc) is 2.60. The van der Waals surface area contributed by atoms with Crippen LogP contribution in [0.3, 0.4) is 0 Å². The van der Waals surface area contributed by atoms with Gasteiger partial charge in [-0.15, -0.1) is 0 Å². The van der Waals surface area contributed by atoms with Gasteiger partial charge in [-0.1, -0.05) is 19.9 Å². The van der Waals surface area contributed by atoms with Gasteiger partial charge in [-0.3, -0.25) is 0 Å². The molecule has 0 N–H and O–H groups in total. The normalized spacial score (nSPS) is 11.4. The lowest BCUT2D eigenvalue weighted by Gasteiger charge is -2.18. The first-order valence-corrected chi connectivity index (χ1v) is 11.9. The predicted octanol–water partition coefficient (Wildman–Crippen LogP) is 3.99. The molecule has 0 amide bonds. The van der Waals surface area contributed by atoms with E-state index in [0.717, 1.165) is 0 Å². The van der Waals surface area contributed by atoms with Gasteiger partial charge in [-0.2, -0.15) is 0 Å². The Labute approximate surface area is 196 Å². The van der Waals surface area contributed by atoms with E-state index in [4.69, 9.17) is 9.47 Å². The summed E-state index contributed by atoms with van der Waals surface area (Å²) in [6.45, 7) is 4.34. The van der Waals surface area contributed by atoms with Crippen LogP contribution in [0.4, 0.5) is 0 Å². The summed E-state index contributed by atoms with van der Waals surface area (Å²) >= 11 is 4.01. The number of halogens is 2.